The first-order chi connectivity index (χ1) is 21.4. The van der Waals surface area contributed by atoms with Crippen LogP contribution in [0.3, 0.4) is 0 Å². The van der Waals surface area contributed by atoms with Crippen LogP contribution in [0.15, 0.2) is 24.3 Å². The number of hydrogen-bond donors (Lipinski definition) is 3. The number of nitrogens with one attached hydrogen (secondary N) is 3. The molecule has 0 unspecified atom stereocenters. The molecule has 0 saturated heterocycles. The molecule has 0 radical (unpaired) electrons. The smallest absolute Gasteiger partial charge is 0.00772 e. The second kappa shape index (κ2) is 41.4. The molecule has 3 N–H and O–H groups in total. The molecular formula is C40H81N3. The lowest BCUT2D eigenvalue weighted by Gasteiger charge is -2.08. The third-order valence-electron chi connectivity index (χ3n) is 8.69. The summed E-state index contributed by atoms with van der Waals surface area (Å²) in [6, 6.07) is 0. The third-order valence-corrected chi connectivity index (χ3v) is 8.69. The molecule has 0 aromatic heterocycles. The van der Waals surface area contributed by atoms with E-state index in [-0.39, 0.29) is 0 Å². The maximum Gasteiger partial charge on any atom is 0.00772 e. The summed E-state index contributed by atoms with van der Waals surface area (Å²) in [5.41, 5.74) is 0. The van der Waals surface area contributed by atoms with Crippen LogP contribution in [0.2, 0.25) is 0 Å². The molecule has 0 aromatic rings. The van der Waals surface area contributed by atoms with Crippen LogP contribution < -0.4 is 16.0 Å². The quantitative estimate of drug-likeness (QED) is 0.0485. The molecule has 43 heavy (non-hydrogen) atoms. The molecule has 3 nitrogen and oxygen atoms in total. The zero-order valence-corrected chi connectivity index (χ0v) is 29.9. The highest BCUT2D eigenvalue weighted by Crippen LogP contribution is 2.11. The van der Waals surface area contributed by atoms with Crippen molar-refractivity contribution < 1.29 is 0 Å². The summed E-state index contributed by atoms with van der Waals surface area (Å²) >= 11 is 0. The summed E-state index contributed by atoms with van der Waals surface area (Å²) in [7, 11) is 0. The van der Waals surface area contributed by atoms with E-state index in [4.69, 9.17) is 0 Å². The van der Waals surface area contributed by atoms with Gasteiger partial charge in [-0.15, -0.1) is 0 Å². The SMILES string of the molecule is CCCCCCCC/C=C\CCCCCCCCNCCNCCNCCCCCCCC/C=C\CCCCCCCC. The van der Waals surface area contributed by atoms with Gasteiger partial charge < -0.3 is 16.0 Å². The van der Waals surface area contributed by atoms with Crippen molar-refractivity contribution in [3.8, 4) is 0 Å². The van der Waals surface area contributed by atoms with Crippen LogP contribution in [-0.2, 0) is 0 Å². The van der Waals surface area contributed by atoms with E-state index < -0.39 is 0 Å². The third kappa shape index (κ3) is 41.4. The summed E-state index contributed by atoms with van der Waals surface area (Å²) in [6.07, 6.45) is 48.4. The number of hydrogen-bond acceptors (Lipinski definition) is 3. The van der Waals surface area contributed by atoms with Gasteiger partial charge in [0.15, 0.2) is 0 Å². The average Bonchev–Trinajstić information content (AvgIpc) is 3.02. The van der Waals surface area contributed by atoms with E-state index in [1.807, 2.05) is 0 Å². The van der Waals surface area contributed by atoms with Crippen molar-refractivity contribution in [2.45, 2.75) is 194 Å². The Hall–Kier alpha value is -0.640. The van der Waals surface area contributed by atoms with Crippen molar-refractivity contribution in [1.29, 1.82) is 0 Å². The van der Waals surface area contributed by atoms with Crippen LogP contribution in [0, 0.1) is 0 Å². The molecule has 0 aliphatic heterocycles. The largest absolute Gasteiger partial charge is 0.315 e. The fourth-order valence-corrected chi connectivity index (χ4v) is 5.72. The molecule has 0 aliphatic carbocycles. The Kier molecular flexibility index (Phi) is 40.7. The lowest BCUT2D eigenvalue weighted by molar-refractivity contribution is 0.537. The van der Waals surface area contributed by atoms with Crippen molar-refractivity contribution in [1.82, 2.24) is 16.0 Å². The van der Waals surface area contributed by atoms with E-state index in [0.717, 1.165) is 26.2 Å². The van der Waals surface area contributed by atoms with Gasteiger partial charge in [-0.1, -0.05) is 154 Å². The molecule has 3 heteroatoms. The van der Waals surface area contributed by atoms with Gasteiger partial charge in [-0.05, 0) is 77.3 Å². The molecule has 0 saturated carbocycles. The highest BCUT2D eigenvalue weighted by molar-refractivity contribution is 4.82. The fraction of sp³-hybridized carbons (Fsp3) is 0.900. The zero-order valence-electron chi connectivity index (χ0n) is 29.9. The zero-order chi connectivity index (χ0) is 31.0. The molecule has 0 rings (SSSR count). The van der Waals surface area contributed by atoms with Gasteiger partial charge in [-0.3, -0.25) is 0 Å². The first kappa shape index (κ1) is 42.4. The topological polar surface area (TPSA) is 36.1 Å². The van der Waals surface area contributed by atoms with Crippen molar-refractivity contribution in [3.63, 3.8) is 0 Å². The van der Waals surface area contributed by atoms with Gasteiger partial charge in [0.2, 0.25) is 0 Å². The van der Waals surface area contributed by atoms with E-state index in [2.05, 4.69) is 54.1 Å². The van der Waals surface area contributed by atoms with Crippen LogP contribution in [0.4, 0.5) is 0 Å². The van der Waals surface area contributed by atoms with E-state index in [1.165, 1.54) is 193 Å². The molecule has 0 aliphatic rings. The Bertz CT molecular complexity index is 484. The van der Waals surface area contributed by atoms with Crippen LogP contribution in [0.25, 0.3) is 0 Å². The van der Waals surface area contributed by atoms with E-state index in [1.54, 1.807) is 0 Å². The highest BCUT2D eigenvalue weighted by Gasteiger charge is 1.95. The summed E-state index contributed by atoms with van der Waals surface area (Å²) in [5.74, 6) is 0. The van der Waals surface area contributed by atoms with E-state index in [0.29, 0.717) is 0 Å². The molecule has 0 heterocycles. The lowest BCUT2D eigenvalue weighted by atomic mass is 10.1. The highest BCUT2D eigenvalue weighted by atomic mass is 15.0. The van der Waals surface area contributed by atoms with Crippen LogP contribution in [0.1, 0.15) is 194 Å². The Morgan fingerprint density at radius 1 is 0.256 bits per heavy atom. The Balaban J connectivity index is 3.09. The van der Waals surface area contributed by atoms with Gasteiger partial charge >= 0.3 is 0 Å². The average molecular weight is 604 g/mol. The standard InChI is InChI=1S/C40H81N3/c1-3-5-7-9-11-13-15-17-19-21-23-25-27-29-31-33-35-41-37-39-43-40-38-42-36-34-32-30-28-26-24-22-20-18-16-14-12-10-8-6-4-2/h17-20,41-43H,3-16,21-40H2,1-2H3/b19-17-,20-18-. The van der Waals surface area contributed by atoms with Gasteiger partial charge in [0.05, 0.1) is 0 Å². The van der Waals surface area contributed by atoms with Crippen molar-refractivity contribution >= 4 is 0 Å². The summed E-state index contributed by atoms with van der Waals surface area (Å²) in [6.45, 7) is 11.3. The molecule has 0 bridgehead atoms. The Morgan fingerprint density at radius 3 is 0.791 bits per heavy atom. The van der Waals surface area contributed by atoms with Crippen LogP contribution >= 0.6 is 0 Å². The molecular weight excluding hydrogens is 522 g/mol. The maximum absolute atomic E-state index is 3.60. The first-order valence-corrected chi connectivity index (χ1v) is 19.8. The van der Waals surface area contributed by atoms with Gasteiger partial charge in [-0.25, -0.2) is 0 Å². The molecule has 0 fully saturated rings. The van der Waals surface area contributed by atoms with Crippen LogP contribution in [-0.4, -0.2) is 39.3 Å². The predicted molar refractivity (Wildman–Crippen MR) is 198 cm³/mol. The van der Waals surface area contributed by atoms with Gasteiger partial charge in [-0.2, -0.15) is 0 Å². The molecule has 0 amide bonds. The lowest BCUT2D eigenvalue weighted by Crippen LogP contribution is -2.33. The van der Waals surface area contributed by atoms with Crippen molar-refractivity contribution in [2.75, 3.05) is 39.3 Å². The Morgan fingerprint density at radius 2 is 0.488 bits per heavy atom. The summed E-state index contributed by atoms with van der Waals surface area (Å²) in [4.78, 5) is 0. The molecule has 0 atom stereocenters. The molecule has 256 valence electrons. The Labute approximate surface area is 272 Å². The van der Waals surface area contributed by atoms with Crippen molar-refractivity contribution in [2.24, 2.45) is 0 Å². The number of allylic oxidation sites excluding steroid dienone is 4. The van der Waals surface area contributed by atoms with Gasteiger partial charge in [0.1, 0.15) is 0 Å². The normalized spacial score (nSPS) is 12.0. The maximum atomic E-state index is 3.60. The summed E-state index contributed by atoms with van der Waals surface area (Å²) < 4.78 is 0. The van der Waals surface area contributed by atoms with Crippen molar-refractivity contribution in [3.05, 3.63) is 24.3 Å². The van der Waals surface area contributed by atoms with E-state index in [9.17, 15) is 0 Å². The monoisotopic (exact) mass is 604 g/mol. The predicted octanol–water partition coefficient (Wildman–Crippen LogP) is 11.8. The molecule has 0 spiro atoms. The minimum Gasteiger partial charge on any atom is -0.315 e. The fourth-order valence-electron chi connectivity index (χ4n) is 5.72. The minimum absolute atomic E-state index is 1.09. The number of rotatable bonds is 38. The summed E-state index contributed by atoms with van der Waals surface area (Å²) in [5, 5.41) is 10.8. The second-order valence-corrected chi connectivity index (χ2v) is 13.1. The molecule has 0 aromatic carbocycles. The second-order valence-electron chi connectivity index (χ2n) is 13.1. The van der Waals surface area contributed by atoms with Gasteiger partial charge in [0.25, 0.3) is 0 Å². The first-order valence-electron chi connectivity index (χ1n) is 19.8. The minimum atomic E-state index is 1.09. The van der Waals surface area contributed by atoms with Gasteiger partial charge in [0, 0.05) is 26.2 Å². The van der Waals surface area contributed by atoms with E-state index >= 15 is 0 Å². The number of unbranched alkanes of at least 4 members (excludes halogenated alkanes) is 24. The van der Waals surface area contributed by atoms with Crippen LogP contribution in [0.5, 0.6) is 0 Å².